The number of para-hydroxylation sites is 1. The van der Waals surface area contributed by atoms with Crippen molar-refractivity contribution in [1.82, 2.24) is 15.2 Å². The van der Waals surface area contributed by atoms with Gasteiger partial charge in [-0.3, -0.25) is 9.59 Å². The number of halogens is 3. The van der Waals surface area contributed by atoms with Gasteiger partial charge in [-0.2, -0.15) is 13.2 Å². The van der Waals surface area contributed by atoms with E-state index in [0.717, 1.165) is 6.07 Å². The SMILES string of the molecule is CC(C)C(NC(=O)COc1ccccc1)C(=O)N1CCN(c2ncccc2C(F)(F)F)CC1. The summed E-state index contributed by atoms with van der Waals surface area (Å²) in [5.74, 6) is -0.459. The molecule has 0 aliphatic carbocycles. The summed E-state index contributed by atoms with van der Waals surface area (Å²) >= 11 is 0. The lowest BCUT2D eigenvalue weighted by molar-refractivity contribution is -0.139. The Morgan fingerprint density at radius 2 is 1.73 bits per heavy atom. The highest BCUT2D eigenvalue weighted by Gasteiger charge is 2.37. The van der Waals surface area contributed by atoms with Crippen LogP contribution in [0.4, 0.5) is 19.0 Å². The van der Waals surface area contributed by atoms with Crippen molar-refractivity contribution in [2.24, 2.45) is 5.92 Å². The van der Waals surface area contributed by atoms with Gasteiger partial charge in [0.2, 0.25) is 5.91 Å². The predicted molar refractivity (Wildman–Crippen MR) is 117 cm³/mol. The van der Waals surface area contributed by atoms with Gasteiger partial charge >= 0.3 is 6.18 Å². The lowest BCUT2D eigenvalue weighted by Crippen LogP contribution is -2.57. The molecule has 0 saturated carbocycles. The van der Waals surface area contributed by atoms with Gasteiger partial charge in [0.1, 0.15) is 17.6 Å². The molecule has 1 aromatic carbocycles. The molecule has 1 aliphatic rings. The van der Waals surface area contributed by atoms with Gasteiger partial charge < -0.3 is 19.9 Å². The fourth-order valence-electron chi connectivity index (χ4n) is 3.60. The molecule has 0 bridgehead atoms. The summed E-state index contributed by atoms with van der Waals surface area (Å²) in [7, 11) is 0. The van der Waals surface area contributed by atoms with Crippen LogP contribution in [0.3, 0.4) is 0 Å². The second-order valence-corrected chi connectivity index (χ2v) is 8.08. The maximum absolute atomic E-state index is 13.3. The van der Waals surface area contributed by atoms with E-state index < -0.39 is 23.7 Å². The van der Waals surface area contributed by atoms with Crippen molar-refractivity contribution in [1.29, 1.82) is 0 Å². The van der Waals surface area contributed by atoms with E-state index in [0.29, 0.717) is 5.75 Å². The van der Waals surface area contributed by atoms with Crippen LogP contribution in [0, 0.1) is 5.92 Å². The van der Waals surface area contributed by atoms with E-state index in [1.54, 1.807) is 29.2 Å². The zero-order valence-electron chi connectivity index (χ0n) is 18.5. The number of piperazine rings is 1. The van der Waals surface area contributed by atoms with Crippen LogP contribution in [-0.2, 0) is 15.8 Å². The molecule has 2 amide bonds. The van der Waals surface area contributed by atoms with E-state index in [4.69, 9.17) is 4.74 Å². The van der Waals surface area contributed by atoms with Gasteiger partial charge in [0.15, 0.2) is 6.61 Å². The number of alkyl halides is 3. The zero-order chi connectivity index (χ0) is 24.0. The molecule has 33 heavy (non-hydrogen) atoms. The van der Waals surface area contributed by atoms with E-state index in [9.17, 15) is 22.8 Å². The molecule has 0 radical (unpaired) electrons. The summed E-state index contributed by atoms with van der Waals surface area (Å²) in [4.78, 5) is 32.4. The Morgan fingerprint density at radius 1 is 1.06 bits per heavy atom. The van der Waals surface area contributed by atoms with Crippen LogP contribution in [0.25, 0.3) is 0 Å². The maximum atomic E-state index is 13.3. The summed E-state index contributed by atoms with van der Waals surface area (Å²) in [5, 5.41) is 2.73. The van der Waals surface area contributed by atoms with Crippen LogP contribution in [0.1, 0.15) is 19.4 Å². The number of anilines is 1. The molecular weight excluding hydrogens is 437 g/mol. The van der Waals surface area contributed by atoms with Gasteiger partial charge in [0.25, 0.3) is 5.91 Å². The van der Waals surface area contributed by atoms with Crippen LogP contribution >= 0.6 is 0 Å². The predicted octanol–water partition coefficient (Wildman–Crippen LogP) is 2.97. The van der Waals surface area contributed by atoms with Crippen molar-refractivity contribution in [2.75, 3.05) is 37.7 Å². The molecule has 1 unspecified atom stereocenters. The van der Waals surface area contributed by atoms with E-state index in [1.165, 1.54) is 17.2 Å². The average molecular weight is 464 g/mol. The number of hydrogen-bond donors (Lipinski definition) is 1. The standard InChI is InChI=1S/C23H27F3N4O3/c1-16(2)20(28-19(31)15-33-17-7-4-3-5-8-17)22(32)30-13-11-29(12-14-30)21-18(23(24,25)26)9-6-10-27-21/h3-10,16,20H,11-15H2,1-2H3,(H,28,31). The third kappa shape index (κ3) is 6.36. The lowest BCUT2D eigenvalue weighted by Gasteiger charge is -2.38. The number of amides is 2. The average Bonchev–Trinajstić information content (AvgIpc) is 2.81. The van der Waals surface area contributed by atoms with Crippen LogP contribution in [0.2, 0.25) is 0 Å². The Hall–Kier alpha value is -3.30. The van der Waals surface area contributed by atoms with Crippen molar-refractivity contribution in [3.05, 3.63) is 54.2 Å². The number of rotatable bonds is 7. The van der Waals surface area contributed by atoms with Crippen LogP contribution < -0.4 is 15.0 Å². The van der Waals surface area contributed by atoms with Gasteiger partial charge in [-0.1, -0.05) is 32.0 Å². The van der Waals surface area contributed by atoms with Crippen LogP contribution in [0.5, 0.6) is 5.75 Å². The number of aromatic nitrogens is 1. The molecule has 178 valence electrons. The Kier molecular flexibility index (Phi) is 7.78. The normalized spacial score (nSPS) is 15.3. The van der Waals surface area contributed by atoms with E-state index in [-0.39, 0.29) is 50.4 Å². The molecule has 0 spiro atoms. The first-order chi connectivity index (χ1) is 15.7. The van der Waals surface area contributed by atoms with Crippen molar-refractivity contribution in [3.8, 4) is 5.75 Å². The van der Waals surface area contributed by atoms with Crippen LogP contribution in [-0.4, -0.2) is 60.5 Å². The molecule has 1 fully saturated rings. The largest absolute Gasteiger partial charge is 0.484 e. The number of benzene rings is 1. The molecule has 1 saturated heterocycles. The molecule has 3 rings (SSSR count). The Bertz CT molecular complexity index is 945. The minimum Gasteiger partial charge on any atom is -0.484 e. The quantitative estimate of drug-likeness (QED) is 0.682. The third-order valence-electron chi connectivity index (χ3n) is 5.35. The first kappa shape index (κ1) is 24.3. The second kappa shape index (κ2) is 10.5. The number of carbonyl (C=O) groups is 2. The number of nitrogens with zero attached hydrogens (tertiary/aromatic N) is 3. The number of ether oxygens (including phenoxy) is 1. The van der Waals surface area contributed by atoms with Gasteiger partial charge in [-0.05, 0) is 30.2 Å². The minimum absolute atomic E-state index is 0.135. The van der Waals surface area contributed by atoms with Crippen molar-refractivity contribution >= 4 is 17.6 Å². The fourth-order valence-corrected chi connectivity index (χ4v) is 3.60. The third-order valence-corrected chi connectivity index (χ3v) is 5.35. The highest BCUT2D eigenvalue weighted by molar-refractivity contribution is 5.88. The Morgan fingerprint density at radius 3 is 2.33 bits per heavy atom. The summed E-state index contributed by atoms with van der Waals surface area (Å²) in [6, 6.07) is 10.4. The maximum Gasteiger partial charge on any atom is 0.419 e. The summed E-state index contributed by atoms with van der Waals surface area (Å²) < 4.78 is 45.4. The van der Waals surface area contributed by atoms with Crippen LogP contribution in [0.15, 0.2) is 48.7 Å². The summed E-state index contributed by atoms with van der Waals surface area (Å²) in [5.41, 5.74) is -0.796. The lowest BCUT2D eigenvalue weighted by atomic mass is 10.0. The number of hydrogen-bond acceptors (Lipinski definition) is 5. The van der Waals surface area contributed by atoms with Gasteiger partial charge in [0.05, 0.1) is 5.56 Å². The molecule has 1 atom stereocenters. The van der Waals surface area contributed by atoms with E-state index >= 15 is 0 Å². The number of pyridine rings is 1. The van der Waals surface area contributed by atoms with E-state index in [1.807, 2.05) is 19.9 Å². The number of carbonyl (C=O) groups excluding carboxylic acids is 2. The topological polar surface area (TPSA) is 74.8 Å². The fraction of sp³-hybridized carbons (Fsp3) is 0.435. The molecule has 2 aromatic rings. The monoisotopic (exact) mass is 464 g/mol. The van der Waals surface area contributed by atoms with Gasteiger partial charge in [0, 0.05) is 32.4 Å². The first-order valence-electron chi connectivity index (χ1n) is 10.7. The van der Waals surface area contributed by atoms with Crippen molar-refractivity contribution < 1.29 is 27.5 Å². The summed E-state index contributed by atoms with van der Waals surface area (Å²) in [6.45, 7) is 4.29. The highest BCUT2D eigenvalue weighted by Crippen LogP contribution is 2.35. The van der Waals surface area contributed by atoms with Crippen molar-refractivity contribution in [3.63, 3.8) is 0 Å². The molecule has 7 nitrogen and oxygen atoms in total. The Balaban J connectivity index is 1.58. The molecule has 1 aliphatic heterocycles. The number of nitrogens with one attached hydrogen (secondary N) is 1. The Labute approximate surface area is 190 Å². The zero-order valence-corrected chi connectivity index (χ0v) is 18.5. The molecular formula is C23H27F3N4O3. The molecule has 1 aromatic heterocycles. The highest BCUT2D eigenvalue weighted by atomic mass is 19.4. The van der Waals surface area contributed by atoms with E-state index in [2.05, 4.69) is 10.3 Å². The van der Waals surface area contributed by atoms with Gasteiger partial charge in [-0.15, -0.1) is 0 Å². The smallest absolute Gasteiger partial charge is 0.419 e. The first-order valence-corrected chi connectivity index (χ1v) is 10.7. The van der Waals surface area contributed by atoms with Gasteiger partial charge in [-0.25, -0.2) is 4.98 Å². The summed E-state index contributed by atoms with van der Waals surface area (Å²) in [6.07, 6.45) is -3.19. The minimum atomic E-state index is -4.51. The molecule has 2 heterocycles. The second-order valence-electron chi connectivity index (χ2n) is 8.08. The molecule has 10 heteroatoms. The molecule has 1 N–H and O–H groups in total. The van der Waals surface area contributed by atoms with Crippen molar-refractivity contribution in [2.45, 2.75) is 26.1 Å².